The third-order valence-corrected chi connectivity index (χ3v) is 14.5. The molecule has 40 heavy (non-hydrogen) atoms. The van der Waals surface area contributed by atoms with Crippen LogP contribution in [-0.2, 0) is 33.2 Å². The number of nitrogens with zero attached hydrogens (tertiary/aromatic N) is 2. The van der Waals surface area contributed by atoms with Crippen LogP contribution >= 0.6 is 0 Å². The van der Waals surface area contributed by atoms with E-state index < -0.39 is 19.3 Å². The maximum Gasteiger partial charge on any atom is 0.238 e. The summed E-state index contributed by atoms with van der Waals surface area (Å²) in [5.74, 6) is -0.0101. The fourth-order valence-corrected chi connectivity index (χ4v) is 7.27. The van der Waals surface area contributed by atoms with Crippen molar-refractivity contribution in [1.82, 2.24) is 9.21 Å². The third-order valence-electron chi connectivity index (χ3n) is 8.45. The lowest BCUT2D eigenvalue weighted by Gasteiger charge is -2.48. The highest BCUT2D eigenvalue weighted by molar-refractivity contribution is 7.82. The minimum Gasteiger partial charge on any atom is -0.415 e. The van der Waals surface area contributed by atoms with E-state index in [9.17, 15) is 9.00 Å². The normalized spacial score (nSPS) is 19.6. The van der Waals surface area contributed by atoms with Gasteiger partial charge in [0.15, 0.2) is 8.32 Å². The smallest absolute Gasteiger partial charge is 0.238 e. The van der Waals surface area contributed by atoms with Crippen LogP contribution in [0.15, 0.2) is 89.8 Å². The molecule has 1 saturated heterocycles. The van der Waals surface area contributed by atoms with Crippen LogP contribution in [0, 0.1) is 6.92 Å². The Hall–Kier alpha value is -2.58. The van der Waals surface area contributed by atoms with Crippen LogP contribution in [-0.4, -0.2) is 52.9 Å². The average molecular weight is 577 g/mol. The summed E-state index contributed by atoms with van der Waals surface area (Å²) in [5, 5.41) is 0.0415. The van der Waals surface area contributed by atoms with Gasteiger partial charge in [0, 0.05) is 12.6 Å². The number of hydrogen-bond donors (Lipinski definition) is 0. The highest BCUT2D eigenvalue weighted by atomic mass is 32.2. The second kappa shape index (κ2) is 12.9. The molecule has 0 radical (unpaired) electrons. The van der Waals surface area contributed by atoms with Crippen LogP contribution in [0.1, 0.15) is 43.9 Å². The summed E-state index contributed by atoms with van der Waals surface area (Å²) in [6.45, 7) is 14.3. The van der Waals surface area contributed by atoms with Gasteiger partial charge in [-0.3, -0.25) is 4.79 Å². The molecule has 0 saturated carbocycles. The molecule has 1 aliphatic rings. The first-order chi connectivity index (χ1) is 19.0. The second-order valence-electron chi connectivity index (χ2n) is 12.4. The monoisotopic (exact) mass is 576 g/mol. The van der Waals surface area contributed by atoms with Gasteiger partial charge in [0.25, 0.3) is 0 Å². The van der Waals surface area contributed by atoms with Gasteiger partial charge in [-0.25, -0.2) is 8.51 Å². The Morgan fingerprint density at radius 1 is 0.875 bits per heavy atom. The van der Waals surface area contributed by atoms with E-state index in [1.165, 1.54) is 5.56 Å². The summed E-state index contributed by atoms with van der Waals surface area (Å²) in [5.41, 5.74) is 3.44. The van der Waals surface area contributed by atoms with Crippen molar-refractivity contribution >= 4 is 25.2 Å². The zero-order valence-corrected chi connectivity index (χ0v) is 26.6. The lowest BCUT2D eigenvalue weighted by atomic mass is 9.96. The van der Waals surface area contributed by atoms with E-state index in [4.69, 9.17) is 4.43 Å². The van der Waals surface area contributed by atoms with Crippen LogP contribution in [0.3, 0.4) is 0 Å². The Balaban J connectivity index is 1.72. The van der Waals surface area contributed by atoms with E-state index in [1.54, 1.807) is 0 Å². The topological polar surface area (TPSA) is 49.9 Å². The fraction of sp³-hybridized carbons (Fsp3) is 0.424. The Labute approximate surface area is 244 Å². The Bertz CT molecular complexity index is 1280. The van der Waals surface area contributed by atoms with Gasteiger partial charge in [-0.2, -0.15) is 0 Å². The molecular weight excluding hydrogens is 533 g/mol. The second-order valence-corrected chi connectivity index (χ2v) is 18.6. The molecule has 0 unspecified atom stereocenters. The SMILES string of the molecule is Cc1ccc([S@](=O)N2CC(=O)N(Cc3ccccc3)[C@H](CO[Si](C)(C)C(C)(C)C)[C@H]2CCc2ccccc2)cc1. The van der Waals surface area contributed by atoms with Crippen LogP contribution in [0.4, 0.5) is 0 Å². The van der Waals surface area contributed by atoms with E-state index in [0.717, 1.165) is 28.9 Å². The maximum absolute atomic E-state index is 14.1. The van der Waals surface area contributed by atoms with Gasteiger partial charge in [0.2, 0.25) is 5.91 Å². The first-order valence-electron chi connectivity index (χ1n) is 14.2. The maximum atomic E-state index is 14.1. The van der Waals surface area contributed by atoms with Gasteiger partial charge in [-0.15, -0.1) is 0 Å². The van der Waals surface area contributed by atoms with Crippen molar-refractivity contribution in [3.63, 3.8) is 0 Å². The van der Waals surface area contributed by atoms with Gasteiger partial charge in [0.1, 0.15) is 11.0 Å². The number of piperazine rings is 1. The molecule has 1 heterocycles. The summed E-state index contributed by atoms with van der Waals surface area (Å²) < 4.78 is 22.8. The molecule has 4 rings (SSSR count). The lowest BCUT2D eigenvalue weighted by molar-refractivity contribution is -0.142. The molecule has 0 bridgehead atoms. The highest BCUT2D eigenvalue weighted by Crippen LogP contribution is 2.38. The van der Waals surface area contributed by atoms with E-state index in [2.05, 4.69) is 70.3 Å². The van der Waals surface area contributed by atoms with E-state index in [0.29, 0.717) is 13.2 Å². The van der Waals surface area contributed by atoms with Crippen molar-refractivity contribution in [3.05, 3.63) is 102 Å². The van der Waals surface area contributed by atoms with Crippen molar-refractivity contribution in [2.24, 2.45) is 0 Å². The lowest BCUT2D eigenvalue weighted by Crippen LogP contribution is -2.64. The molecule has 3 atom stereocenters. The Kier molecular flexibility index (Phi) is 9.83. The number of benzene rings is 3. The summed E-state index contributed by atoms with van der Waals surface area (Å²) in [6.07, 6.45) is 1.60. The van der Waals surface area contributed by atoms with Crippen LogP contribution in [0.5, 0.6) is 0 Å². The first-order valence-corrected chi connectivity index (χ1v) is 18.2. The van der Waals surface area contributed by atoms with Gasteiger partial charge in [0.05, 0.1) is 24.1 Å². The molecule has 3 aromatic carbocycles. The molecule has 0 aromatic heterocycles. The number of carbonyl (C=O) groups excluding carboxylic acids is 1. The van der Waals surface area contributed by atoms with Gasteiger partial charge in [-0.05, 0) is 61.2 Å². The van der Waals surface area contributed by atoms with Crippen molar-refractivity contribution in [2.45, 2.75) is 82.2 Å². The van der Waals surface area contributed by atoms with Crippen molar-refractivity contribution in [1.29, 1.82) is 0 Å². The summed E-state index contributed by atoms with van der Waals surface area (Å²) >= 11 is 0. The number of hydrogen-bond acceptors (Lipinski definition) is 3. The predicted octanol–water partition coefficient (Wildman–Crippen LogP) is 6.75. The predicted molar refractivity (Wildman–Crippen MR) is 167 cm³/mol. The minimum absolute atomic E-state index is 0.0101. The third kappa shape index (κ3) is 7.38. The molecule has 0 spiro atoms. The van der Waals surface area contributed by atoms with E-state index >= 15 is 0 Å². The quantitative estimate of drug-likeness (QED) is 0.251. The van der Waals surface area contributed by atoms with Crippen molar-refractivity contribution < 1.29 is 13.4 Å². The number of aryl methyl sites for hydroxylation is 2. The molecule has 0 N–H and O–H groups in total. The highest BCUT2D eigenvalue weighted by Gasteiger charge is 2.45. The summed E-state index contributed by atoms with van der Waals surface area (Å²) in [7, 11) is -3.57. The zero-order chi connectivity index (χ0) is 28.9. The van der Waals surface area contributed by atoms with Crippen molar-refractivity contribution in [2.75, 3.05) is 13.2 Å². The first kappa shape index (κ1) is 30.4. The number of rotatable bonds is 10. The average Bonchev–Trinajstić information content (AvgIpc) is 2.93. The molecule has 7 heteroatoms. The fourth-order valence-electron chi connectivity index (χ4n) is 4.89. The minimum atomic E-state index is -2.10. The molecule has 5 nitrogen and oxygen atoms in total. The molecule has 3 aromatic rings. The standard InChI is InChI=1S/C33H44N2O3SSi/c1-26-17-20-29(21-18-26)39(37)35-24-32(36)34(23-28-15-11-8-12-16-28)31(25-38-40(5,6)33(2,3)4)30(35)22-19-27-13-9-7-10-14-27/h7-18,20-21,30-31H,19,22-25H2,1-6H3/t30-,31-,39+/m1/s1. The molecule has 0 aliphatic carbocycles. The zero-order valence-electron chi connectivity index (χ0n) is 24.8. The Morgan fingerprint density at radius 3 is 2.02 bits per heavy atom. The van der Waals surface area contributed by atoms with E-state index in [-0.39, 0.29) is 29.6 Å². The Morgan fingerprint density at radius 2 is 1.45 bits per heavy atom. The van der Waals surface area contributed by atoms with Crippen LogP contribution in [0.25, 0.3) is 0 Å². The molecule has 214 valence electrons. The number of amides is 1. The summed E-state index contributed by atoms with van der Waals surface area (Å²) in [6, 6.07) is 28.0. The largest absolute Gasteiger partial charge is 0.415 e. The molecular formula is C33H44N2O3SSi. The van der Waals surface area contributed by atoms with Gasteiger partial charge < -0.3 is 9.33 Å². The van der Waals surface area contributed by atoms with Crippen LogP contribution in [0.2, 0.25) is 18.1 Å². The molecule has 1 amide bonds. The molecule has 1 fully saturated rings. The van der Waals surface area contributed by atoms with E-state index in [1.807, 2.05) is 64.7 Å². The summed E-state index contributed by atoms with van der Waals surface area (Å²) in [4.78, 5) is 16.6. The van der Waals surface area contributed by atoms with Crippen molar-refractivity contribution in [3.8, 4) is 0 Å². The molecule has 1 aliphatic heterocycles. The number of carbonyl (C=O) groups is 1. The van der Waals surface area contributed by atoms with Crippen LogP contribution < -0.4 is 0 Å². The van der Waals surface area contributed by atoms with Gasteiger partial charge >= 0.3 is 0 Å². The van der Waals surface area contributed by atoms with Gasteiger partial charge in [-0.1, -0.05) is 99.1 Å².